The molecule has 1 aliphatic carbocycles. The van der Waals surface area contributed by atoms with Crippen LogP contribution in [0.15, 0.2) is 188 Å². The molecule has 2 aromatic heterocycles. The fraction of sp³-hybridized carbons (Fsp3) is 0.0784. The third kappa shape index (κ3) is 7.17. The number of benzene rings is 5. The highest BCUT2D eigenvalue weighted by Gasteiger charge is 2.39. The van der Waals surface area contributed by atoms with Gasteiger partial charge in [0.25, 0.3) is 0 Å². The van der Waals surface area contributed by atoms with Crippen LogP contribution in [0.5, 0.6) is 0 Å². The number of anilines is 2. The first-order valence-corrected chi connectivity index (χ1v) is 19.4. The van der Waals surface area contributed by atoms with E-state index in [1.54, 1.807) is 0 Å². The van der Waals surface area contributed by atoms with Crippen molar-refractivity contribution in [1.29, 1.82) is 0 Å². The Bertz CT molecular complexity index is 2710. The summed E-state index contributed by atoms with van der Waals surface area (Å²) in [5.41, 5.74) is 19.5. The van der Waals surface area contributed by atoms with Gasteiger partial charge in [-0.1, -0.05) is 158 Å². The second-order valence-electron chi connectivity index (χ2n) is 14.6. The minimum atomic E-state index is -0.0361. The summed E-state index contributed by atoms with van der Waals surface area (Å²) in [6.07, 6.45) is 10.6. The topological polar surface area (TPSA) is 93.2 Å². The van der Waals surface area contributed by atoms with Crippen LogP contribution in [0.4, 0.5) is 11.6 Å². The summed E-state index contributed by atoms with van der Waals surface area (Å²) >= 11 is 0. The fourth-order valence-corrected chi connectivity index (χ4v) is 7.56. The number of fused-ring (bicyclic) bond motifs is 3. The molecule has 7 nitrogen and oxygen atoms in total. The molecular formula is C51H41N7. The Labute approximate surface area is 339 Å². The predicted octanol–water partition coefficient (Wildman–Crippen LogP) is 11.1. The Morgan fingerprint density at radius 3 is 1.84 bits per heavy atom. The number of hydrogen-bond acceptors (Lipinski definition) is 7. The third-order valence-corrected chi connectivity index (χ3v) is 10.7. The molecule has 0 fully saturated rings. The van der Waals surface area contributed by atoms with E-state index in [1.165, 1.54) is 16.7 Å². The summed E-state index contributed by atoms with van der Waals surface area (Å²) in [4.78, 5) is 28.3. The van der Waals surface area contributed by atoms with Gasteiger partial charge < -0.3 is 10.6 Å². The average Bonchev–Trinajstić information content (AvgIpc) is 3.59. The van der Waals surface area contributed by atoms with E-state index < -0.39 is 0 Å². The number of allylic oxidation sites excluding steroid dienone is 3. The molecule has 0 bridgehead atoms. The number of hydrogen-bond donors (Lipinski definition) is 1. The lowest BCUT2D eigenvalue weighted by molar-refractivity contribution is 0.729. The van der Waals surface area contributed by atoms with E-state index in [2.05, 4.69) is 86.0 Å². The molecule has 0 radical (unpaired) electrons. The van der Waals surface area contributed by atoms with Crippen molar-refractivity contribution in [2.75, 3.05) is 4.90 Å². The summed E-state index contributed by atoms with van der Waals surface area (Å²) in [6.45, 7) is 8.83. The molecule has 2 atom stereocenters. The van der Waals surface area contributed by atoms with Gasteiger partial charge in [0.05, 0.1) is 34.5 Å². The predicted molar refractivity (Wildman–Crippen MR) is 237 cm³/mol. The maximum absolute atomic E-state index is 6.70. The van der Waals surface area contributed by atoms with Crippen molar-refractivity contribution in [3.05, 3.63) is 216 Å². The van der Waals surface area contributed by atoms with Crippen LogP contribution in [0.2, 0.25) is 0 Å². The minimum absolute atomic E-state index is 0.0361. The Balaban J connectivity index is 1.26. The molecule has 0 amide bonds. The van der Waals surface area contributed by atoms with Gasteiger partial charge in [-0.2, -0.15) is 0 Å². The van der Waals surface area contributed by atoms with Crippen LogP contribution in [0, 0.1) is 13.8 Å². The normalized spacial score (nSPS) is 15.9. The lowest BCUT2D eigenvalue weighted by Gasteiger charge is -2.27. The van der Waals surface area contributed by atoms with Crippen LogP contribution < -0.4 is 10.6 Å². The second-order valence-corrected chi connectivity index (χ2v) is 14.6. The molecule has 2 aliphatic rings. The van der Waals surface area contributed by atoms with Crippen molar-refractivity contribution >= 4 is 28.7 Å². The molecule has 0 spiro atoms. The van der Waals surface area contributed by atoms with Crippen LogP contribution in [0.3, 0.4) is 0 Å². The standard InChI is InChI=1S/C51H41N7/c1-33-28-41-40-26-16-17-27-48(40)58(49(41)29-34(33)2)51-56-43(35(3)53-44(37-20-10-5-11-21-37)30-42(52)36-18-8-4-9-19-36)31-47(57-51)50-54-45(38-22-12-6-13-23-38)32-46(55-50)39-24-14-7-15-25-39/h4-32,40,48H,3,52H2,1-2H3/b42-30-,53-44?. The highest BCUT2D eigenvalue weighted by molar-refractivity contribution is 6.13. The van der Waals surface area contributed by atoms with Gasteiger partial charge in [-0.15, -0.1) is 0 Å². The minimum Gasteiger partial charge on any atom is -0.398 e. The summed E-state index contributed by atoms with van der Waals surface area (Å²) in [6, 6.07) is 48.6. The van der Waals surface area contributed by atoms with E-state index in [4.69, 9.17) is 30.7 Å². The van der Waals surface area contributed by atoms with E-state index in [0.717, 1.165) is 39.3 Å². The van der Waals surface area contributed by atoms with E-state index >= 15 is 0 Å². The molecule has 7 aromatic rings. The quantitative estimate of drug-likeness (QED) is 0.148. The first-order chi connectivity index (χ1) is 28.4. The van der Waals surface area contributed by atoms with Crippen LogP contribution in [-0.4, -0.2) is 31.7 Å². The van der Waals surface area contributed by atoms with E-state index in [-0.39, 0.29) is 12.0 Å². The van der Waals surface area contributed by atoms with Gasteiger partial charge >= 0.3 is 0 Å². The number of aliphatic imine (C=N–C) groups is 1. The molecule has 2 unspecified atom stereocenters. The molecule has 58 heavy (non-hydrogen) atoms. The van der Waals surface area contributed by atoms with Crippen molar-refractivity contribution in [3.8, 4) is 34.0 Å². The van der Waals surface area contributed by atoms with Gasteiger partial charge in [-0.25, -0.2) is 24.9 Å². The second kappa shape index (κ2) is 15.6. The summed E-state index contributed by atoms with van der Waals surface area (Å²) in [5, 5.41) is 0. The molecule has 7 heteroatoms. The molecule has 1 aliphatic heterocycles. The number of aromatic nitrogens is 4. The SMILES string of the molecule is C=C(N=C(/C=C(\N)c1ccccc1)c1ccccc1)c1cc(-c2nc(-c3ccccc3)cc(-c3ccccc3)n2)nc(N2c3cc(C)c(C)cc3C3C=CC=CC32)n1. The fourth-order valence-electron chi connectivity index (χ4n) is 7.56. The summed E-state index contributed by atoms with van der Waals surface area (Å²) in [5.74, 6) is 1.11. The van der Waals surface area contributed by atoms with E-state index in [0.29, 0.717) is 40.3 Å². The lowest BCUT2D eigenvalue weighted by atomic mass is 9.90. The molecule has 2 N–H and O–H groups in total. The number of aryl methyl sites for hydroxylation is 2. The van der Waals surface area contributed by atoms with Crippen LogP contribution in [0.1, 0.15) is 39.4 Å². The number of rotatable bonds is 9. The number of nitrogens with zero attached hydrogens (tertiary/aromatic N) is 6. The van der Waals surface area contributed by atoms with Crippen molar-refractivity contribution in [1.82, 2.24) is 19.9 Å². The summed E-state index contributed by atoms with van der Waals surface area (Å²) in [7, 11) is 0. The largest absolute Gasteiger partial charge is 0.398 e. The molecule has 9 rings (SSSR count). The first kappa shape index (κ1) is 36.1. The smallest absolute Gasteiger partial charge is 0.231 e. The van der Waals surface area contributed by atoms with Gasteiger partial charge in [-0.3, -0.25) is 0 Å². The van der Waals surface area contributed by atoms with Gasteiger partial charge in [0, 0.05) is 34.0 Å². The monoisotopic (exact) mass is 751 g/mol. The molecule has 3 heterocycles. The van der Waals surface area contributed by atoms with Crippen LogP contribution in [-0.2, 0) is 0 Å². The van der Waals surface area contributed by atoms with Gasteiger partial charge in [0.1, 0.15) is 5.69 Å². The van der Waals surface area contributed by atoms with Gasteiger partial charge in [0.2, 0.25) is 5.95 Å². The van der Waals surface area contributed by atoms with Gasteiger partial charge in [-0.05, 0) is 60.4 Å². The Morgan fingerprint density at radius 1 is 0.638 bits per heavy atom. The zero-order valence-electron chi connectivity index (χ0n) is 32.4. The van der Waals surface area contributed by atoms with Gasteiger partial charge in [0.15, 0.2) is 5.82 Å². The molecule has 0 saturated heterocycles. The highest BCUT2D eigenvalue weighted by Crippen LogP contribution is 2.48. The Kier molecular flexibility index (Phi) is 9.69. The summed E-state index contributed by atoms with van der Waals surface area (Å²) < 4.78 is 0. The zero-order chi connectivity index (χ0) is 39.6. The van der Waals surface area contributed by atoms with Crippen molar-refractivity contribution in [2.45, 2.75) is 25.8 Å². The van der Waals surface area contributed by atoms with E-state index in [9.17, 15) is 0 Å². The van der Waals surface area contributed by atoms with Crippen LogP contribution >= 0.6 is 0 Å². The molecule has 0 saturated carbocycles. The molecule has 5 aromatic carbocycles. The Morgan fingerprint density at radius 2 is 1.21 bits per heavy atom. The van der Waals surface area contributed by atoms with Crippen molar-refractivity contribution < 1.29 is 0 Å². The maximum atomic E-state index is 6.70. The Hall–Kier alpha value is -7.51. The van der Waals surface area contributed by atoms with E-state index in [1.807, 2.05) is 115 Å². The lowest BCUT2D eigenvalue weighted by Crippen LogP contribution is -2.30. The number of nitrogens with two attached hydrogens (primary N) is 1. The molecular weight excluding hydrogens is 711 g/mol. The average molecular weight is 752 g/mol. The van der Waals surface area contributed by atoms with Crippen LogP contribution in [0.25, 0.3) is 45.4 Å². The first-order valence-electron chi connectivity index (χ1n) is 19.4. The molecule has 280 valence electrons. The zero-order valence-corrected chi connectivity index (χ0v) is 32.4. The van der Waals surface area contributed by atoms with Crippen molar-refractivity contribution in [2.24, 2.45) is 10.7 Å². The highest BCUT2D eigenvalue weighted by atomic mass is 15.3. The van der Waals surface area contributed by atoms with Crippen molar-refractivity contribution in [3.63, 3.8) is 0 Å². The maximum Gasteiger partial charge on any atom is 0.231 e. The third-order valence-electron chi connectivity index (χ3n) is 10.7.